The van der Waals surface area contributed by atoms with Crippen molar-refractivity contribution in [3.63, 3.8) is 0 Å². The molecular weight excluding hydrogens is 285 g/mol. The molecule has 0 aliphatic carbocycles. The van der Waals surface area contributed by atoms with Crippen molar-refractivity contribution in [3.05, 3.63) is 29.9 Å². The third-order valence-corrected chi connectivity index (χ3v) is 3.05. The number of aromatic amines is 2. The number of halogens is 3. The minimum atomic E-state index is -4.94. The fourth-order valence-electron chi connectivity index (χ4n) is 2.15. The first-order chi connectivity index (χ1) is 9.86. The van der Waals surface area contributed by atoms with Gasteiger partial charge in [0.25, 0.3) is 0 Å². The smallest absolute Gasteiger partial charge is 0.360 e. The summed E-state index contributed by atoms with van der Waals surface area (Å²) in [6.07, 6.45) is -1.69. The summed E-state index contributed by atoms with van der Waals surface area (Å²) in [5, 5.41) is 11.0. The molecule has 3 rings (SSSR count). The fourth-order valence-corrected chi connectivity index (χ4v) is 2.15. The van der Waals surface area contributed by atoms with Gasteiger partial charge >= 0.3 is 12.1 Å². The number of alkyl halides is 3. The van der Waals surface area contributed by atoms with Gasteiger partial charge in [0.1, 0.15) is 0 Å². The van der Waals surface area contributed by atoms with E-state index in [1.54, 1.807) is 12.4 Å². The maximum absolute atomic E-state index is 12.3. The number of hydrogen-bond donors (Lipinski definition) is 3. The van der Waals surface area contributed by atoms with E-state index in [-0.39, 0.29) is 5.69 Å². The van der Waals surface area contributed by atoms with Crippen LogP contribution in [-0.4, -0.2) is 27.3 Å². The van der Waals surface area contributed by atoms with Crippen LogP contribution in [0.3, 0.4) is 0 Å². The molecule has 2 aromatic heterocycles. The molecule has 0 saturated heterocycles. The van der Waals surface area contributed by atoms with Crippen molar-refractivity contribution in [2.24, 2.45) is 0 Å². The summed E-state index contributed by atoms with van der Waals surface area (Å²) in [5.41, 5.74) is 0.606. The molecule has 2 heterocycles. The number of H-pyrrole nitrogens is 2. The van der Waals surface area contributed by atoms with Crippen LogP contribution in [0.15, 0.2) is 24.5 Å². The quantitative estimate of drug-likeness (QED) is 0.644. The molecule has 21 heavy (non-hydrogen) atoms. The van der Waals surface area contributed by atoms with Gasteiger partial charge in [0, 0.05) is 33.6 Å². The van der Waals surface area contributed by atoms with Crippen molar-refractivity contribution in [1.29, 1.82) is 0 Å². The molecule has 0 radical (unpaired) electrons. The lowest BCUT2D eigenvalue weighted by molar-refractivity contribution is -0.167. The number of benzene rings is 1. The Labute approximate surface area is 115 Å². The molecule has 0 aliphatic heterocycles. The van der Waals surface area contributed by atoms with Crippen LogP contribution in [0.1, 0.15) is 0 Å². The molecule has 0 aliphatic rings. The predicted octanol–water partition coefficient (Wildman–Crippen LogP) is 2.24. The summed E-state index contributed by atoms with van der Waals surface area (Å²) in [6, 6.07) is 2.85. The van der Waals surface area contributed by atoms with E-state index in [1.165, 1.54) is 12.1 Å². The Balaban J connectivity index is 2.22. The second-order valence-corrected chi connectivity index (χ2v) is 4.49. The molecule has 1 amide bonds. The van der Waals surface area contributed by atoms with Gasteiger partial charge in [-0.05, 0) is 12.1 Å². The molecule has 3 N–H and O–H groups in total. The maximum Gasteiger partial charge on any atom is 0.471 e. The van der Waals surface area contributed by atoms with Gasteiger partial charge in [-0.25, -0.2) is 0 Å². The van der Waals surface area contributed by atoms with E-state index in [2.05, 4.69) is 21.8 Å². The van der Waals surface area contributed by atoms with E-state index in [1.807, 2.05) is 5.32 Å². The number of anilines is 1. The Bertz CT molecular complexity index is 907. The van der Waals surface area contributed by atoms with Gasteiger partial charge in [-0.15, -0.1) is 0 Å². The van der Waals surface area contributed by atoms with Crippen molar-refractivity contribution < 1.29 is 18.0 Å². The van der Waals surface area contributed by atoms with Crippen LogP contribution in [-0.2, 0) is 4.79 Å². The molecule has 0 atom stereocenters. The fraction of sp³-hybridized carbons (Fsp3) is 0.0769. The highest BCUT2D eigenvalue weighted by Crippen LogP contribution is 2.27. The minimum Gasteiger partial charge on any atom is -0.360 e. The van der Waals surface area contributed by atoms with E-state index in [9.17, 15) is 18.0 Å². The van der Waals surface area contributed by atoms with Crippen LogP contribution in [0.4, 0.5) is 18.9 Å². The minimum absolute atomic E-state index is 0.0260. The Morgan fingerprint density at radius 2 is 2.10 bits per heavy atom. The van der Waals surface area contributed by atoms with Gasteiger partial charge in [0.05, 0.1) is 11.5 Å². The zero-order valence-electron chi connectivity index (χ0n) is 10.5. The molecule has 0 saturated carbocycles. The van der Waals surface area contributed by atoms with E-state index < -0.39 is 12.1 Å². The van der Waals surface area contributed by atoms with Gasteiger partial charge in [-0.3, -0.25) is 9.89 Å². The lowest BCUT2D eigenvalue weighted by Gasteiger charge is -2.08. The Hall–Kier alpha value is -2.77. The number of aromatic nitrogens is 3. The lowest BCUT2D eigenvalue weighted by Crippen LogP contribution is -2.29. The van der Waals surface area contributed by atoms with Crippen molar-refractivity contribution in [1.82, 2.24) is 15.2 Å². The number of nitrogens with zero attached hydrogens (tertiary/aromatic N) is 1. The number of nitrogens with one attached hydrogen (secondary N) is 3. The Morgan fingerprint density at radius 1 is 1.33 bits per heavy atom. The lowest BCUT2D eigenvalue weighted by atomic mass is 10.1. The molecule has 0 fully saturated rings. The van der Waals surface area contributed by atoms with E-state index >= 15 is 0 Å². The van der Waals surface area contributed by atoms with Crippen molar-refractivity contribution in [3.8, 4) is 0 Å². The first-order valence-electron chi connectivity index (χ1n) is 5.88. The van der Waals surface area contributed by atoms with Crippen molar-refractivity contribution in [2.75, 3.05) is 5.32 Å². The zero-order chi connectivity index (χ0) is 15.2. The third-order valence-electron chi connectivity index (χ3n) is 3.05. The topological polar surface area (TPSA) is 73.6 Å². The second kappa shape index (κ2) is 4.37. The average molecular weight is 294 g/mol. The summed E-state index contributed by atoms with van der Waals surface area (Å²) < 4.78 is 37.0. The number of carbonyl (C=O) groups excluding carboxylic acids is 1. The van der Waals surface area contributed by atoms with E-state index in [0.717, 1.165) is 10.8 Å². The summed E-state index contributed by atoms with van der Waals surface area (Å²) in [5.74, 6) is -2.02. The number of amides is 1. The highest BCUT2D eigenvalue weighted by molar-refractivity contribution is 6.11. The summed E-state index contributed by atoms with van der Waals surface area (Å²) in [7, 11) is 0. The van der Waals surface area contributed by atoms with E-state index in [4.69, 9.17) is 0 Å². The SMILES string of the molecule is C=c1[nH]ncc2c[nH]c3cc(NC(=O)C(F)(F)F)cc1c23. The van der Waals surface area contributed by atoms with Crippen LogP contribution in [0.25, 0.3) is 28.3 Å². The maximum atomic E-state index is 12.3. The molecule has 0 spiro atoms. The van der Waals surface area contributed by atoms with Crippen LogP contribution in [0.5, 0.6) is 0 Å². The molecule has 5 nitrogen and oxygen atoms in total. The van der Waals surface area contributed by atoms with Gasteiger partial charge in [-0.1, -0.05) is 6.58 Å². The third kappa shape index (κ3) is 2.24. The molecule has 0 bridgehead atoms. The number of carbonyl (C=O) groups is 1. The Kier molecular flexibility index (Phi) is 2.75. The molecule has 3 aromatic rings. The van der Waals surface area contributed by atoms with Crippen LogP contribution in [0.2, 0.25) is 0 Å². The molecule has 1 aromatic carbocycles. The number of rotatable bonds is 1. The average Bonchev–Trinajstić information content (AvgIpc) is 2.72. The number of hydrogen-bond acceptors (Lipinski definition) is 2. The highest BCUT2D eigenvalue weighted by Gasteiger charge is 2.38. The van der Waals surface area contributed by atoms with Gasteiger partial charge in [0.15, 0.2) is 0 Å². The van der Waals surface area contributed by atoms with E-state index in [0.29, 0.717) is 16.3 Å². The van der Waals surface area contributed by atoms with Crippen molar-refractivity contribution >= 4 is 39.8 Å². The van der Waals surface area contributed by atoms with Crippen LogP contribution < -0.4 is 10.7 Å². The zero-order valence-corrected chi connectivity index (χ0v) is 10.5. The summed E-state index contributed by atoms with van der Waals surface area (Å²) in [6.45, 7) is 3.77. The van der Waals surface area contributed by atoms with Gasteiger partial charge in [-0.2, -0.15) is 18.3 Å². The molecule has 108 valence electrons. The predicted molar refractivity (Wildman–Crippen MR) is 72.2 cm³/mol. The second-order valence-electron chi connectivity index (χ2n) is 4.49. The van der Waals surface area contributed by atoms with Gasteiger partial charge < -0.3 is 10.3 Å². The standard InChI is InChI=1S/C13H9F3N4O/c1-6-9-2-8(19-12(21)13(14,15)16)3-10-11(9)7(4-17-10)5-18-20-6/h2-5,17,20H,1H2,(H,19,21). The Morgan fingerprint density at radius 3 is 2.81 bits per heavy atom. The summed E-state index contributed by atoms with van der Waals surface area (Å²) in [4.78, 5) is 14.0. The molecule has 8 heteroatoms. The monoisotopic (exact) mass is 294 g/mol. The largest absolute Gasteiger partial charge is 0.471 e. The van der Waals surface area contributed by atoms with Crippen LogP contribution in [0, 0.1) is 0 Å². The van der Waals surface area contributed by atoms with Crippen LogP contribution >= 0.6 is 0 Å². The highest BCUT2D eigenvalue weighted by atomic mass is 19.4. The summed E-state index contributed by atoms with van der Waals surface area (Å²) >= 11 is 0. The molecule has 0 unspecified atom stereocenters. The molecular formula is C13H9F3N4O. The normalized spacial score (nSPS) is 12.0. The van der Waals surface area contributed by atoms with Gasteiger partial charge in [0.2, 0.25) is 0 Å². The first kappa shape index (κ1) is 13.2. The van der Waals surface area contributed by atoms with Crippen molar-refractivity contribution in [2.45, 2.75) is 6.18 Å². The first-order valence-corrected chi connectivity index (χ1v) is 5.88.